The van der Waals surface area contributed by atoms with Gasteiger partial charge in [-0.25, -0.2) is 9.59 Å². The van der Waals surface area contributed by atoms with Crippen LogP contribution in [0.2, 0.25) is 0 Å². The van der Waals surface area contributed by atoms with E-state index in [1.165, 1.54) is 0 Å². The summed E-state index contributed by atoms with van der Waals surface area (Å²) in [5.41, 5.74) is 0.974. The summed E-state index contributed by atoms with van der Waals surface area (Å²) < 4.78 is 0. The third-order valence-electron chi connectivity index (χ3n) is 2.91. The Morgan fingerprint density at radius 2 is 2.05 bits per heavy atom. The molecule has 6 heteroatoms. The molecule has 1 rings (SSSR count). The summed E-state index contributed by atoms with van der Waals surface area (Å²) in [6, 6.07) is 1.22. The molecule has 1 aromatic heterocycles. The standard InChI is InChI=1S/C14H23N3O3/c1-9(2)6-4-5-7-15-14(20)17-11-8-10(3)16-12(11)13(18)19/h8-9,16H,4-7H2,1-3H3,(H,18,19)(H2,15,17,20). The number of H-pyrrole nitrogens is 1. The van der Waals surface area contributed by atoms with E-state index in [0.29, 0.717) is 18.2 Å². The average Bonchev–Trinajstić information content (AvgIpc) is 2.69. The maximum atomic E-state index is 11.7. The van der Waals surface area contributed by atoms with E-state index in [4.69, 9.17) is 5.11 Å². The Bertz CT molecular complexity index is 466. The summed E-state index contributed by atoms with van der Waals surface area (Å²) >= 11 is 0. The number of carbonyl (C=O) groups is 2. The Morgan fingerprint density at radius 1 is 1.35 bits per heavy atom. The Kier molecular flexibility index (Phi) is 6.09. The van der Waals surface area contributed by atoms with Gasteiger partial charge >= 0.3 is 12.0 Å². The molecule has 4 N–H and O–H groups in total. The molecule has 0 bridgehead atoms. The number of hydrogen-bond donors (Lipinski definition) is 4. The van der Waals surface area contributed by atoms with Gasteiger partial charge in [-0.1, -0.05) is 26.7 Å². The molecule has 1 heterocycles. The van der Waals surface area contributed by atoms with Crippen molar-refractivity contribution >= 4 is 17.7 Å². The van der Waals surface area contributed by atoms with Crippen molar-refractivity contribution in [2.24, 2.45) is 5.92 Å². The number of urea groups is 1. The molecule has 0 radical (unpaired) electrons. The first-order valence-corrected chi connectivity index (χ1v) is 6.88. The minimum atomic E-state index is -1.09. The molecule has 0 fully saturated rings. The second-order valence-corrected chi connectivity index (χ2v) is 5.32. The SMILES string of the molecule is Cc1cc(NC(=O)NCCCCC(C)C)c(C(=O)O)[nH]1. The molecule has 6 nitrogen and oxygen atoms in total. The molecule has 0 unspecified atom stereocenters. The first-order valence-electron chi connectivity index (χ1n) is 6.88. The minimum absolute atomic E-state index is 0.00235. The molecular weight excluding hydrogens is 258 g/mol. The Hall–Kier alpha value is -1.98. The summed E-state index contributed by atoms with van der Waals surface area (Å²) in [6.45, 7) is 6.66. The fraction of sp³-hybridized carbons (Fsp3) is 0.571. The van der Waals surface area contributed by atoms with Crippen LogP contribution in [-0.2, 0) is 0 Å². The normalized spacial score (nSPS) is 10.6. The number of hydrogen-bond acceptors (Lipinski definition) is 2. The summed E-state index contributed by atoms with van der Waals surface area (Å²) in [6.07, 6.45) is 3.13. The van der Waals surface area contributed by atoms with Crippen molar-refractivity contribution in [3.63, 3.8) is 0 Å². The van der Waals surface area contributed by atoms with E-state index in [9.17, 15) is 9.59 Å². The van der Waals surface area contributed by atoms with Crippen LogP contribution in [0, 0.1) is 12.8 Å². The topological polar surface area (TPSA) is 94.2 Å². The van der Waals surface area contributed by atoms with Crippen LogP contribution < -0.4 is 10.6 Å². The molecule has 0 aliphatic heterocycles. The van der Waals surface area contributed by atoms with Crippen molar-refractivity contribution < 1.29 is 14.7 Å². The lowest BCUT2D eigenvalue weighted by molar-refractivity contribution is 0.0692. The number of aromatic amines is 1. The highest BCUT2D eigenvalue weighted by molar-refractivity contribution is 5.99. The molecule has 0 aliphatic carbocycles. The Balaban J connectivity index is 2.37. The monoisotopic (exact) mass is 281 g/mol. The molecule has 0 atom stereocenters. The first-order chi connectivity index (χ1) is 9.40. The Morgan fingerprint density at radius 3 is 2.65 bits per heavy atom. The zero-order valence-corrected chi connectivity index (χ0v) is 12.2. The molecule has 0 aliphatic rings. The highest BCUT2D eigenvalue weighted by Gasteiger charge is 2.14. The van der Waals surface area contributed by atoms with E-state index in [0.717, 1.165) is 19.3 Å². The summed E-state index contributed by atoms with van der Waals surface area (Å²) in [7, 11) is 0. The molecule has 0 saturated heterocycles. The number of carbonyl (C=O) groups excluding carboxylic acids is 1. The molecule has 0 spiro atoms. The number of carboxylic acid groups (broad SMARTS) is 1. The summed E-state index contributed by atoms with van der Waals surface area (Å²) in [4.78, 5) is 25.3. The van der Waals surface area contributed by atoms with Crippen LogP contribution in [0.25, 0.3) is 0 Å². The van der Waals surface area contributed by atoms with Crippen LogP contribution in [0.1, 0.15) is 49.3 Å². The van der Waals surface area contributed by atoms with E-state index < -0.39 is 5.97 Å². The van der Waals surface area contributed by atoms with Crippen molar-refractivity contribution in [3.8, 4) is 0 Å². The number of amides is 2. The number of nitrogens with one attached hydrogen (secondary N) is 3. The van der Waals surface area contributed by atoms with E-state index in [2.05, 4.69) is 29.5 Å². The van der Waals surface area contributed by atoms with Crippen molar-refractivity contribution in [2.45, 2.75) is 40.0 Å². The predicted octanol–water partition coefficient (Wildman–Crippen LogP) is 2.97. The van der Waals surface area contributed by atoms with Crippen molar-refractivity contribution in [1.82, 2.24) is 10.3 Å². The van der Waals surface area contributed by atoms with Crippen LogP contribution >= 0.6 is 0 Å². The number of unbranched alkanes of at least 4 members (excludes halogenated alkanes) is 1. The number of carboxylic acids is 1. The van der Waals surface area contributed by atoms with Gasteiger partial charge in [0.25, 0.3) is 0 Å². The highest BCUT2D eigenvalue weighted by Crippen LogP contribution is 2.16. The summed E-state index contributed by atoms with van der Waals surface area (Å²) in [5, 5.41) is 14.3. The Labute approximate surface area is 119 Å². The number of aromatic nitrogens is 1. The van der Waals surface area contributed by atoms with Gasteiger partial charge in [0.15, 0.2) is 0 Å². The summed E-state index contributed by atoms with van der Waals surface area (Å²) in [5.74, 6) is -0.421. The molecule has 0 saturated carbocycles. The smallest absolute Gasteiger partial charge is 0.354 e. The highest BCUT2D eigenvalue weighted by atomic mass is 16.4. The van der Waals surface area contributed by atoms with Crippen LogP contribution in [0.15, 0.2) is 6.07 Å². The van der Waals surface area contributed by atoms with E-state index >= 15 is 0 Å². The third-order valence-corrected chi connectivity index (χ3v) is 2.91. The predicted molar refractivity (Wildman–Crippen MR) is 78.2 cm³/mol. The minimum Gasteiger partial charge on any atom is -0.477 e. The quantitative estimate of drug-likeness (QED) is 0.579. The van der Waals surface area contributed by atoms with Gasteiger partial charge in [0.05, 0.1) is 5.69 Å². The largest absolute Gasteiger partial charge is 0.477 e. The lowest BCUT2D eigenvalue weighted by atomic mass is 10.1. The number of aryl methyl sites for hydroxylation is 1. The second kappa shape index (κ2) is 7.57. The molecular formula is C14H23N3O3. The maximum absolute atomic E-state index is 11.7. The molecule has 0 aromatic carbocycles. The first kappa shape index (κ1) is 16.1. The zero-order valence-electron chi connectivity index (χ0n) is 12.2. The molecule has 1 aromatic rings. The van der Waals surface area contributed by atoms with Gasteiger partial charge in [-0.05, 0) is 25.3 Å². The third kappa shape index (κ3) is 5.34. The van der Waals surface area contributed by atoms with Crippen molar-refractivity contribution in [1.29, 1.82) is 0 Å². The van der Waals surface area contributed by atoms with Gasteiger partial charge in [-0.15, -0.1) is 0 Å². The van der Waals surface area contributed by atoms with Gasteiger partial charge in [0, 0.05) is 12.2 Å². The van der Waals surface area contributed by atoms with Crippen LogP contribution in [0.5, 0.6) is 0 Å². The molecule has 112 valence electrons. The van der Waals surface area contributed by atoms with E-state index in [-0.39, 0.29) is 17.4 Å². The van der Waals surface area contributed by atoms with Crippen molar-refractivity contribution in [3.05, 3.63) is 17.5 Å². The van der Waals surface area contributed by atoms with Gasteiger partial charge in [-0.3, -0.25) is 0 Å². The van der Waals surface area contributed by atoms with Gasteiger partial charge in [0.2, 0.25) is 0 Å². The van der Waals surface area contributed by atoms with E-state index in [1.807, 2.05) is 0 Å². The van der Waals surface area contributed by atoms with Crippen molar-refractivity contribution in [2.75, 3.05) is 11.9 Å². The van der Waals surface area contributed by atoms with Gasteiger partial charge < -0.3 is 20.7 Å². The fourth-order valence-electron chi connectivity index (χ4n) is 1.90. The average molecular weight is 281 g/mol. The number of aromatic carboxylic acids is 1. The van der Waals surface area contributed by atoms with Crippen LogP contribution in [-0.4, -0.2) is 28.6 Å². The number of rotatable bonds is 7. The van der Waals surface area contributed by atoms with Gasteiger partial charge in [0.1, 0.15) is 5.69 Å². The number of anilines is 1. The van der Waals surface area contributed by atoms with Gasteiger partial charge in [-0.2, -0.15) is 0 Å². The van der Waals surface area contributed by atoms with Crippen LogP contribution in [0.3, 0.4) is 0 Å². The fourth-order valence-corrected chi connectivity index (χ4v) is 1.90. The maximum Gasteiger partial charge on any atom is 0.354 e. The second-order valence-electron chi connectivity index (χ2n) is 5.32. The zero-order chi connectivity index (χ0) is 15.1. The van der Waals surface area contributed by atoms with Crippen LogP contribution in [0.4, 0.5) is 10.5 Å². The van der Waals surface area contributed by atoms with E-state index in [1.54, 1.807) is 13.0 Å². The lowest BCUT2D eigenvalue weighted by Gasteiger charge is -2.08. The molecule has 20 heavy (non-hydrogen) atoms. The molecule has 2 amide bonds. The lowest BCUT2D eigenvalue weighted by Crippen LogP contribution is -2.30.